The molecular weight excluding hydrogens is 338 g/mol. The summed E-state index contributed by atoms with van der Waals surface area (Å²) in [6.45, 7) is 1.39. The number of thioether (sulfide) groups is 1. The van der Waals surface area contributed by atoms with Gasteiger partial charge in [0.05, 0.1) is 24.4 Å². The molecule has 2 amide bonds. The zero-order valence-electron chi connectivity index (χ0n) is 14.3. The molecular formula is C17H21N5O2S. The first-order valence-electron chi connectivity index (χ1n) is 8.07. The predicted molar refractivity (Wildman–Crippen MR) is 94.6 cm³/mol. The predicted octanol–water partition coefficient (Wildman–Crippen LogP) is 1.20. The van der Waals surface area contributed by atoms with Crippen LogP contribution in [0.4, 0.5) is 0 Å². The fourth-order valence-corrected chi connectivity index (χ4v) is 3.46. The van der Waals surface area contributed by atoms with Crippen molar-refractivity contribution in [3.05, 3.63) is 42.0 Å². The maximum absolute atomic E-state index is 12.4. The van der Waals surface area contributed by atoms with Crippen molar-refractivity contribution in [2.75, 3.05) is 12.8 Å². The Morgan fingerprint density at radius 1 is 1.40 bits per heavy atom. The maximum atomic E-state index is 12.4. The summed E-state index contributed by atoms with van der Waals surface area (Å²) in [6, 6.07) is 3.76. The fraction of sp³-hybridized carbons (Fsp3) is 0.412. The van der Waals surface area contributed by atoms with E-state index < -0.39 is 0 Å². The van der Waals surface area contributed by atoms with Crippen LogP contribution in [0, 0.1) is 5.92 Å². The summed E-state index contributed by atoms with van der Waals surface area (Å²) < 4.78 is 1.96. The van der Waals surface area contributed by atoms with Gasteiger partial charge in [-0.15, -0.1) is 0 Å². The van der Waals surface area contributed by atoms with Gasteiger partial charge < -0.3 is 14.8 Å². The number of carbonyl (C=O) groups excluding carboxylic acids is 2. The van der Waals surface area contributed by atoms with Crippen LogP contribution < -0.4 is 5.32 Å². The Morgan fingerprint density at radius 2 is 2.16 bits per heavy atom. The Hall–Kier alpha value is -2.35. The van der Waals surface area contributed by atoms with Crippen LogP contribution in [0.15, 0.2) is 35.9 Å². The highest BCUT2D eigenvalue weighted by molar-refractivity contribution is 7.98. The number of nitrogens with zero attached hydrogens (tertiary/aromatic N) is 4. The molecule has 0 saturated carbocycles. The number of aromatic nitrogens is 3. The van der Waals surface area contributed by atoms with E-state index in [1.54, 1.807) is 35.3 Å². The quantitative estimate of drug-likeness (QED) is 0.784. The van der Waals surface area contributed by atoms with Gasteiger partial charge in [-0.05, 0) is 24.0 Å². The molecule has 0 unspecified atom stereocenters. The zero-order chi connectivity index (χ0) is 17.8. The van der Waals surface area contributed by atoms with Crippen LogP contribution in [-0.2, 0) is 29.7 Å². The van der Waals surface area contributed by atoms with Crippen molar-refractivity contribution >= 4 is 23.6 Å². The lowest BCUT2D eigenvalue weighted by Gasteiger charge is -2.16. The van der Waals surface area contributed by atoms with Crippen LogP contribution >= 0.6 is 11.8 Å². The summed E-state index contributed by atoms with van der Waals surface area (Å²) >= 11 is 1.56. The number of carbonyl (C=O) groups is 2. The third-order valence-electron chi connectivity index (χ3n) is 4.38. The van der Waals surface area contributed by atoms with Crippen molar-refractivity contribution in [1.82, 2.24) is 24.8 Å². The molecule has 1 atom stereocenters. The van der Waals surface area contributed by atoms with Gasteiger partial charge in [0, 0.05) is 39.0 Å². The molecule has 3 heterocycles. The number of hydrogen-bond acceptors (Lipinski definition) is 5. The number of likely N-dealkylation sites (tertiary alicyclic amines) is 1. The summed E-state index contributed by atoms with van der Waals surface area (Å²) in [7, 11) is 1.93. The second kappa shape index (κ2) is 7.69. The molecule has 1 aliphatic rings. The largest absolute Gasteiger partial charge is 0.350 e. The lowest BCUT2D eigenvalue weighted by atomic mass is 10.1. The molecule has 2 aromatic rings. The molecule has 8 heteroatoms. The number of hydrogen-bond donors (Lipinski definition) is 1. The molecule has 132 valence electrons. The Bertz CT molecular complexity index is 762. The number of amides is 2. The van der Waals surface area contributed by atoms with Crippen LogP contribution in [0.2, 0.25) is 0 Å². The topological polar surface area (TPSA) is 80.1 Å². The van der Waals surface area contributed by atoms with E-state index in [-0.39, 0.29) is 24.2 Å². The molecule has 1 fully saturated rings. The molecule has 0 spiro atoms. The van der Waals surface area contributed by atoms with Crippen LogP contribution in [0.25, 0.3) is 0 Å². The average Bonchev–Trinajstić information content (AvgIpc) is 3.16. The van der Waals surface area contributed by atoms with Gasteiger partial charge in [-0.2, -0.15) is 0 Å². The minimum atomic E-state index is -0.303. The minimum absolute atomic E-state index is 0.0159. The van der Waals surface area contributed by atoms with Crippen molar-refractivity contribution in [3.63, 3.8) is 0 Å². The van der Waals surface area contributed by atoms with E-state index in [0.29, 0.717) is 19.6 Å². The third-order valence-corrected chi connectivity index (χ3v) is 5.12. The molecule has 2 aromatic heterocycles. The molecule has 1 aliphatic heterocycles. The van der Waals surface area contributed by atoms with Gasteiger partial charge in [-0.1, -0.05) is 11.8 Å². The Balaban J connectivity index is 1.54. The highest BCUT2D eigenvalue weighted by Crippen LogP contribution is 2.20. The number of imidazole rings is 1. The van der Waals surface area contributed by atoms with Crippen molar-refractivity contribution in [1.29, 1.82) is 0 Å². The number of pyridine rings is 1. The SMILES string of the molecule is CSc1ncc(CNC(=O)[C@@H]2CC(=O)N(Cc3ccncc3)C2)n1C. The number of rotatable bonds is 6. The van der Waals surface area contributed by atoms with Crippen LogP contribution in [0.3, 0.4) is 0 Å². The van der Waals surface area contributed by atoms with E-state index in [9.17, 15) is 9.59 Å². The second-order valence-corrected chi connectivity index (χ2v) is 6.82. The first-order chi connectivity index (χ1) is 12.1. The molecule has 0 radical (unpaired) electrons. The van der Waals surface area contributed by atoms with Gasteiger partial charge in [0.1, 0.15) is 0 Å². The highest BCUT2D eigenvalue weighted by Gasteiger charge is 2.34. The van der Waals surface area contributed by atoms with Crippen LogP contribution in [-0.4, -0.2) is 44.0 Å². The normalized spacial score (nSPS) is 17.1. The van der Waals surface area contributed by atoms with Gasteiger partial charge >= 0.3 is 0 Å². The molecule has 25 heavy (non-hydrogen) atoms. The highest BCUT2D eigenvalue weighted by atomic mass is 32.2. The van der Waals surface area contributed by atoms with E-state index >= 15 is 0 Å². The van der Waals surface area contributed by atoms with Gasteiger partial charge in [0.2, 0.25) is 11.8 Å². The summed E-state index contributed by atoms with van der Waals surface area (Å²) in [5.74, 6) is -0.373. The van der Waals surface area contributed by atoms with E-state index in [0.717, 1.165) is 16.4 Å². The molecule has 1 N–H and O–H groups in total. The van der Waals surface area contributed by atoms with Crippen molar-refractivity contribution in [2.24, 2.45) is 13.0 Å². The van der Waals surface area contributed by atoms with E-state index in [2.05, 4.69) is 15.3 Å². The number of nitrogens with one attached hydrogen (secondary N) is 1. The summed E-state index contributed by atoms with van der Waals surface area (Å²) in [5, 5.41) is 3.83. The van der Waals surface area contributed by atoms with E-state index in [1.165, 1.54) is 0 Å². The zero-order valence-corrected chi connectivity index (χ0v) is 15.1. The first kappa shape index (κ1) is 17.5. The third kappa shape index (κ3) is 4.01. The monoisotopic (exact) mass is 359 g/mol. The van der Waals surface area contributed by atoms with Crippen molar-refractivity contribution in [2.45, 2.75) is 24.7 Å². The van der Waals surface area contributed by atoms with Gasteiger partial charge in [-0.3, -0.25) is 14.6 Å². The Labute approximate surface area is 150 Å². The summed E-state index contributed by atoms with van der Waals surface area (Å²) in [5.41, 5.74) is 1.96. The first-order valence-corrected chi connectivity index (χ1v) is 9.30. The van der Waals surface area contributed by atoms with Gasteiger partial charge in [-0.25, -0.2) is 4.98 Å². The van der Waals surface area contributed by atoms with E-state index in [4.69, 9.17) is 0 Å². The minimum Gasteiger partial charge on any atom is -0.350 e. The van der Waals surface area contributed by atoms with Crippen LogP contribution in [0.1, 0.15) is 17.7 Å². The lowest BCUT2D eigenvalue weighted by Crippen LogP contribution is -2.33. The van der Waals surface area contributed by atoms with Crippen LogP contribution in [0.5, 0.6) is 0 Å². The van der Waals surface area contributed by atoms with Gasteiger partial charge in [0.25, 0.3) is 0 Å². The standard InChI is InChI=1S/C17H21N5O2S/c1-21-14(9-20-17(21)25-2)8-19-16(24)13-7-15(23)22(11-13)10-12-3-5-18-6-4-12/h3-6,9,13H,7-8,10-11H2,1-2H3,(H,19,24)/t13-/m1/s1. The summed E-state index contributed by atoms with van der Waals surface area (Å²) in [6.07, 6.45) is 7.40. The molecule has 1 saturated heterocycles. The Kier molecular flexibility index (Phi) is 5.37. The molecule has 3 rings (SSSR count). The van der Waals surface area contributed by atoms with Gasteiger partial charge in [0.15, 0.2) is 5.16 Å². The second-order valence-electron chi connectivity index (χ2n) is 6.04. The van der Waals surface area contributed by atoms with E-state index in [1.807, 2.05) is 30.0 Å². The molecule has 0 bridgehead atoms. The Morgan fingerprint density at radius 3 is 2.84 bits per heavy atom. The molecule has 7 nitrogen and oxygen atoms in total. The molecule has 0 aromatic carbocycles. The maximum Gasteiger partial charge on any atom is 0.225 e. The fourth-order valence-electron chi connectivity index (χ4n) is 2.91. The average molecular weight is 359 g/mol. The lowest BCUT2D eigenvalue weighted by molar-refractivity contribution is -0.129. The summed E-state index contributed by atoms with van der Waals surface area (Å²) in [4.78, 5) is 34.6. The van der Waals surface area contributed by atoms with Crippen molar-refractivity contribution in [3.8, 4) is 0 Å². The molecule has 0 aliphatic carbocycles. The van der Waals surface area contributed by atoms with Crippen molar-refractivity contribution < 1.29 is 9.59 Å². The smallest absolute Gasteiger partial charge is 0.225 e.